The molecule has 1 aliphatic heterocycles. The molecule has 0 aromatic heterocycles. The van der Waals surface area contributed by atoms with Crippen LogP contribution in [0.4, 0.5) is 10.5 Å². The topological polar surface area (TPSA) is 106 Å². The number of hydrogen-bond acceptors (Lipinski definition) is 6. The maximum atomic E-state index is 11.9. The van der Waals surface area contributed by atoms with Gasteiger partial charge in [-0.2, -0.15) is 0 Å². The molecule has 1 unspecified atom stereocenters. The van der Waals surface area contributed by atoms with Crippen LogP contribution in [-0.2, 0) is 6.42 Å². The van der Waals surface area contributed by atoms with Crippen molar-refractivity contribution < 1.29 is 19.7 Å². The van der Waals surface area contributed by atoms with E-state index in [-0.39, 0.29) is 18.4 Å². The summed E-state index contributed by atoms with van der Waals surface area (Å²) >= 11 is 0. The number of rotatable bonds is 11. The molecule has 0 bridgehead atoms. The lowest BCUT2D eigenvalue weighted by molar-refractivity contribution is 0.106. The minimum absolute atomic E-state index is 0.0336. The summed E-state index contributed by atoms with van der Waals surface area (Å²) in [6, 6.07) is 15.3. The van der Waals surface area contributed by atoms with E-state index < -0.39 is 6.10 Å². The first-order valence-corrected chi connectivity index (χ1v) is 11.7. The fourth-order valence-electron chi connectivity index (χ4n) is 3.79. The molecule has 8 nitrogen and oxygen atoms in total. The third-order valence-electron chi connectivity index (χ3n) is 5.68. The Labute approximate surface area is 195 Å². The molecule has 0 saturated carbocycles. The van der Waals surface area contributed by atoms with Crippen molar-refractivity contribution in [3.05, 3.63) is 54.1 Å². The predicted molar refractivity (Wildman–Crippen MR) is 130 cm³/mol. The van der Waals surface area contributed by atoms with Gasteiger partial charge in [0.25, 0.3) is 0 Å². The molecule has 33 heavy (non-hydrogen) atoms. The monoisotopic (exact) mass is 456 g/mol. The Hall–Kier alpha value is -2.97. The molecule has 1 aliphatic rings. The molecular formula is C25H36N4O4. The number of urea groups is 1. The molecule has 1 atom stereocenters. The van der Waals surface area contributed by atoms with Crippen LogP contribution in [-0.4, -0.2) is 72.6 Å². The van der Waals surface area contributed by atoms with Gasteiger partial charge < -0.3 is 35.8 Å². The number of phenols is 1. The van der Waals surface area contributed by atoms with Crippen molar-refractivity contribution >= 4 is 11.7 Å². The van der Waals surface area contributed by atoms with Crippen molar-refractivity contribution in [2.45, 2.75) is 38.3 Å². The predicted octanol–water partition coefficient (Wildman–Crippen LogP) is 2.57. The number of carbonyl (C=O) groups excluding carboxylic acids is 1. The highest BCUT2D eigenvalue weighted by atomic mass is 16.5. The Kier molecular flexibility index (Phi) is 9.65. The normalized spacial score (nSPS) is 15.2. The number of hydrogen-bond donors (Lipinski definition) is 5. The molecule has 0 spiro atoms. The average molecular weight is 457 g/mol. The molecule has 2 amide bonds. The number of piperidine rings is 1. The zero-order chi connectivity index (χ0) is 23.5. The fraction of sp³-hybridized carbons (Fsp3) is 0.480. The quantitative estimate of drug-likeness (QED) is 0.333. The van der Waals surface area contributed by atoms with Crippen LogP contribution < -0.4 is 20.7 Å². The molecule has 8 heteroatoms. The Morgan fingerprint density at radius 1 is 1.12 bits per heavy atom. The lowest BCUT2D eigenvalue weighted by atomic mass is 10.0. The van der Waals surface area contributed by atoms with Crippen LogP contribution in [0.5, 0.6) is 11.5 Å². The Morgan fingerprint density at radius 2 is 1.82 bits per heavy atom. The van der Waals surface area contributed by atoms with E-state index in [4.69, 9.17) is 4.74 Å². The number of ether oxygens (including phenoxy) is 1. The SMILES string of the molecule is CCNC(=O)N1CCC(Nc2ccc(CCNCC(O)COc3ccc(O)cc3)cc2)CC1. The van der Waals surface area contributed by atoms with E-state index in [0.717, 1.165) is 44.6 Å². The van der Waals surface area contributed by atoms with Gasteiger partial charge in [0, 0.05) is 37.9 Å². The van der Waals surface area contributed by atoms with E-state index >= 15 is 0 Å². The highest BCUT2D eigenvalue weighted by Gasteiger charge is 2.22. The number of nitrogens with one attached hydrogen (secondary N) is 3. The smallest absolute Gasteiger partial charge is 0.317 e. The number of amides is 2. The van der Waals surface area contributed by atoms with Gasteiger partial charge in [-0.3, -0.25) is 0 Å². The third-order valence-corrected chi connectivity index (χ3v) is 5.68. The average Bonchev–Trinajstić information content (AvgIpc) is 2.83. The van der Waals surface area contributed by atoms with Crippen LogP contribution in [0.3, 0.4) is 0 Å². The summed E-state index contributed by atoms with van der Waals surface area (Å²) in [7, 11) is 0. The highest BCUT2D eigenvalue weighted by Crippen LogP contribution is 2.18. The van der Waals surface area contributed by atoms with Crippen molar-refractivity contribution in [2.75, 3.05) is 44.6 Å². The molecule has 1 fully saturated rings. The molecule has 2 aromatic rings. The van der Waals surface area contributed by atoms with E-state index in [0.29, 0.717) is 24.9 Å². The summed E-state index contributed by atoms with van der Waals surface area (Å²) < 4.78 is 5.51. The number of likely N-dealkylation sites (tertiary alicyclic amines) is 1. The number of benzene rings is 2. The summed E-state index contributed by atoms with van der Waals surface area (Å²) in [5, 5.41) is 29.0. The van der Waals surface area contributed by atoms with Gasteiger partial charge in [0.15, 0.2) is 0 Å². The van der Waals surface area contributed by atoms with Gasteiger partial charge in [0.05, 0.1) is 0 Å². The minimum Gasteiger partial charge on any atom is -0.508 e. The van der Waals surface area contributed by atoms with Crippen LogP contribution in [0.1, 0.15) is 25.3 Å². The first-order valence-electron chi connectivity index (χ1n) is 11.7. The van der Waals surface area contributed by atoms with Crippen molar-refractivity contribution in [3.8, 4) is 11.5 Å². The van der Waals surface area contributed by atoms with Gasteiger partial charge in [-0.05, 0) is 74.7 Å². The minimum atomic E-state index is -0.607. The molecule has 3 rings (SSSR count). The first kappa shape index (κ1) is 24.7. The molecule has 1 heterocycles. The highest BCUT2D eigenvalue weighted by molar-refractivity contribution is 5.74. The second kappa shape index (κ2) is 12.9. The number of nitrogens with zero attached hydrogens (tertiary/aromatic N) is 1. The largest absolute Gasteiger partial charge is 0.508 e. The number of phenolic OH excluding ortho intramolecular Hbond substituents is 1. The van der Waals surface area contributed by atoms with Gasteiger partial charge in [-0.1, -0.05) is 12.1 Å². The van der Waals surface area contributed by atoms with Gasteiger partial charge in [0.1, 0.15) is 24.2 Å². The maximum absolute atomic E-state index is 11.9. The fourth-order valence-corrected chi connectivity index (χ4v) is 3.79. The molecule has 2 aromatic carbocycles. The summed E-state index contributed by atoms with van der Waals surface area (Å²) in [5.74, 6) is 0.806. The Morgan fingerprint density at radius 3 is 2.48 bits per heavy atom. The van der Waals surface area contributed by atoms with E-state index in [1.165, 1.54) is 5.56 Å². The maximum Gasteiger partial charge on any atom is 0.317 e. The van der Waals surface area contributed by atoms with Crippen molar-refractivity contribution in [2.24, 2.45) is 0 Å². The van der Waals surface area contributed by atoms with Crippen molar-refractivity contribution in [1.29, 1.82) is 0 Å². The number of aromatic hydroxyl groups is 1. The zero-order valence-corrected chi connectivity index (χ0v) is 19.3. The van der Waals surface area contributed by atoms with Crippen molar-refractivity contribution in [1.82, 2.24) is 15.5 Å². The first-order chi connectivity index (χ1) is 16.0. The van der Waals surface area contributed by atoms with Gasteiger partial charge >= 0.3 is 6.03 Å². The van der Waals surface area contributed by atoms with Crippen LogP contribution in [0.2, 0.25) is 0 Å². The molecule has 0 aliphatic carbocycles. The lowest BCUT2D eigenvalue weighted by Crippen LogP contribution is -2.46. The number of aliphatic hydroxyl groups is 1. The van der Waals surface area contributed by atoms with E-state index in [1.54, 1.807) is 24.3 Å². The third kappa shape index (κ3) is 8.47. The summed E-state index contributed by atoms with van der Waals surface area (Å²) in [6.45, 7) is 5.56. The number of anilines is 1. The summed E-state index contributed by atoms with van der Waals surface area (Å²) in [5.41, 5.74) is 2.33. The number of carbonyl (C=O) groups is 1. The summed E-state index contributed by atoms with van der Waals surface area (Å²) in [4.78, 5) is 13.8. The van der Waals surface area contributed by atoms with Crippen LogP contribution in [0, 0.1) is 0 Å². The molecule has 180 valence electrons. The van der Waals surface area contributed by atoms with Gasteiger partial charge in [-0.15, -0.1) is 0 Å². The lowest BCUT2D eigenvalue weighted by Gasteiger charge is -2.32. The van der Waals surface area contributed by atoms with E-state index in [9.17, 15) is 15.0 Å². The second-order valence-electron chi connectivity index (χ2n) is 8.35. The molecular weight excluding hydrogens is 420 g/mol. The zero-order valence-electron chi connectivity index (χ0n) is 19.3. The van der Waals surface area contributed by atoms with Gasteiger partial charge in [-0.25, -0.2) is 4.79 Å². The molecule has 0 radical (unpaired) electrons. The summed E-state index contributed by atoms with van der Waals surface area (Å²) in [6.07, 6.45) is 2.16. The van der Waals surface area contributed by atoms with Crippen LogP contribution in [0.25, 0.3) is 0 Å². The molecule has 1 saturated heterocycles. The second-order valence-corrected chi connectivity index (χ2v) is 8.35. The standard InChI is InChI=1S/C25H36N4O4/c1-2-27-25(32)29-15-12-21(13-16-29)28-20-5-3-19(4-6-20)11-14-26-17-23(31)18-33-24-9-7-22(30)8-10-24/h3-10,21,23,26,28,30-31H,2,11-18H2,1H3,(H,27,32). The van der Waals surface area contributed by atoms with E-state index in [1.807, 2.05) is 11.8 Å². The van der Waals surface area contributed by atoms with Gasteiger partial charge in [0.2, 0.25) is 0 Å². The van der Waals surface area contributed by atoms with Crippen molar-refractivity contribution in [3.63, 3.8) is 0 Å². The Balaban J connectivity index is 1.29. The number of aliphatic hydroxyl groups excluding tert-OH is 1. The van der Waals surface area contributed by atoms with Crippen LogP contribution in [0.15, 0.2) is 48.5 Å². The van der Waals surface area contributed by atoms with Crippen LogP contribution >= 0.6 is 0 Å². The van der Waals surface area contributed by atoms with E-state index in [2.05, 4.69) is 40.2 Å². The Bertz CT molecular complexity index is 836. The molecule has 5 N–H and O–H groups in total.